The monoisotopic (exact) mass is 268 g/mol. The predicted octanol–water partition coefficient (Wildman–Crippen LogP) is 0.731. The zero-order valence-electron chi connectivity index (χ0n) is 10.2. The molecule has 0 spiro atoms. The number of rotatable bonds is 2. The quantitative estimate of drug-likeness (QED) is 0.793. The minimum Gasteiger partial charge on any atom is -0.339 e. The molecule has 0 bridgehead atoms. The zero-order chi connectivity index (χ0) is 13.2. The maximum Gasteiger partial charge on any atom is 0.255 e. The van der Waals surface area contributed by atoms with E-state index in [1.807, 2.05) is 0 Å². The van der Waals surface area contributed by atoms with Crippen molar-refractivity contribution in [2.24, 2.45) is 0 Å². The molecule has 2 rings (SSSR count). The van der Waals surface area contributed by atoms with E-state index < -0.39 is 9.84 Å². The van der Waals surface area contributed by atoms with Crippen molar-refractivity contribution in [3.63, 3.8) is 0 Å². The third-order valence-corrected chi connectivity index (χ3v) is 4.93. The highest BCUT2D eigenvalue weighted by Gasteiger charge is 2.29. The Morgan fingerprint density at radius 2 is 2.06 bits per heavy atom. The Kier molecular flexibility index (Phi) is 3.65. The van der Waals surface area contributed by atoms with Gasteiger partial charge in [0.05, 0.1) is 10.8 Å². The summed E-state index contributed by atoms with van der Waals surface area (Å²) in [6.45, 7) is 0.983. The van der Waals surface area contributed by atoms with Gasteiger partial charge in [-0.05, 0) is 25.0 Å². The molecule has 18 heavy (non-hydrogen) atoms. The maximum atomic E-state index is 12.1. The molecule has 1 saturated heterocycles. The molecule has 0 unspecified atom stereocenters. The van der Waals surface area contributed by atoms with Crippen molar-refractivity contribution in [2.75, 3.05) is 19.3 Å². The van der Waals surface area contributed by atoms with Crippen molar-refractivity contribution in [2.45, 2.75) is 18.1 Å². The number of likely N-dealkylation sites (tertiary alicyclic amines) is 1. The number of carbonyl (C=O) groups is 1. The Morgan fingerprint density at radius 3 is 2.56 bits per heavy atom. The second kappa shape index (κ2) is 5.06. The molecule has 2 heterocycles. The lowest BCUT2D eigenvalue weighted by Gasteiger charge is -2.31. The average molecular weight is 268 g/mol. The fourth-order valence-electron chi connectivity index (χ4n) is 2.16. The van der Waals surface area contributed by atoms with E-state index in [0.717, 1.165) is 0 Å². The topological polar surface area (TPSA) is 67.3 Å². The van der Waals surface area contributed by atoms with Crippen LogP contribution in [0.2, 0.25) is 0 Å². The van der Waals surface area contributed by atoms with E-state index in [0.29, 0.717) is 31.5 Å². The molecule has 0 radical (unpaired) electrons. The van der Waals surface area contributed by atoms with E-state index in [2.05, 4.69) is 4.98 Å². The Morgan fingerprint density at radius 1 is 1.39 bits per heavy atom. The van der Waals surface area contributed by atoms with Gasteiger partial charge in [0, 0.05) is 31.7 Å². The number of sulfone groups is 1. The van der Waals surface area contributed by atoms with Gasteiger partial charge < -0.3 is 4.90 Å². The summed E-state index contributed by atoms with van der Waals surface area (Å²) in [5, 5.41) is -0.310. The smallest absolute Gasteiger partial charge is 0.255 e. The van der Waals surface area contributed by atoms with Gasteiger partial charge in [-0.15, -0.1) is 0 Å². The van der Waals surface area contributed by atoms with Crippen molar-refractivity contribution in [1.82, 2.24) is 9.88 Å². The van der Waals surface area contributed by atoms with Gasteiger partial charge >= 0.3 is 0 Å². The first-order valence-corrected chi connectivity index (χ1v) is 7.82. The van der Waals surface area contributed by atoms with Crippen LogP contribution in [0.1, 0.15) is 23.2 Å². The molecule has 98 valence electrons. The highest BCUT2D eigenvalue weighted by atomic mass is 32.2. The van der Waals surface area contributed by atoms with Crippen LogP contribution in [0.3, 0.4) is 0 Å². The number of carbonyl (C=O) groups excluding carboxylic acids is 1. The molecule has 5 nitrogen and oxygen atoms in total. The van der Waals surface area contributed by atoms with Crippen LogP contribution < -0.4 is 0 Å². The van der Waals surface area contributed by atoms with Crippen LogP contribution >= 0.6 is 0 Å². The molecule has 1 fully saturated rings. The second-order valence-electron chi connectivity index (χ2n) is 4.56. The number of pyridine rings is 1. The van der Waals surface area contributed by atoms with E-state index in [4.69, 9.17) is 0 Å². The van der Waals surface area contributed by atoms with Gasteiger partial charge in [-0.3, -0.25) is 9.78 Å². The number of hydrogen-bond acceptors (Lipinski definition) is 4. The van der Waals surface area contributed by atoms with Crippen LogP contribution in [0.5, 0.6) is 0 Å². The largest absolute Gasteiger partial charge is 0.339 e. The van der Waals surface area contributed by atoms with Gasteiger partial charge in [0.25, 0.3) is 5.91 Å². The van der Waals surface area contributed by atoms with Crippen LogP contribution in [0.25, 0.3) is 0 Å². The fourth-order valence-corrected chi connectivity index (χ4v) is 3.23. The van der Waals surface area contributed by atoms with Gasteiger partial charge in [0.1, 0.15) is 9.84 Å². The van der Waals surface area contributed by atoms with Gasteiger partial charge in [0.2, 0.25) is 0 Å². The molecule has 1 aliphatic rings. The van der Waals surface area contributed by atoms with Gasteiger partial charge in [-0.1, -0.05) is 0 Å². The van der Waals surface area contributed by atoms with Crippen LogP contribution in [-0.4, -0.2) is 48.8 Å². The number of aromatic nitrogens is 1. The number of nitrogens with zero attached hydrogens (tertiary/aromatic N) is 2. The first-order valence-electron chi connectivity index (χ1n) is 5.86. The van der Waals surface area contributed by atoms with Crippen molar-refractivity contribution in [3.05, 3.63) is 30.1 Å². The van der Waals surface area contributed by atoms with Crippen molar-refractivity contribution < 1.29 is 13.2 Å². The summed E-state index contributed by atoms with van der Waals surface area (Å²) in [4.78, 5) is 17.7. The van der Waals surface area contributed by atoms with Crippen LogP contribution in [0.4, 0.5) is 0 Å². The lowest BCUT2D eigenvalue weighted by molar-refractivity contribution is 0.0725. The summed E-state index contributed by atoms with van der Waals surface area (Å²) in [5.74, 6) is -0.0740. The molecule has 1 aromatic rings. The lowest BCUT2D eigenvalue weighted by atomic mass is 10.1. The Labute approximate surface area is 107 Å². The maximum absolute atomic E-state index is 12.1. The van der Waals surface area contributed by atoms with Gasteiger partial charge in [-0.2, -0.15) is 0 Å². The third-order valence-electron chi connectivity index (χ3n) is 3.24. The summed E-state index contributed by atoms with van der Waals surface area (Å²) < 4.78 is 22.8. The Bertz CT molecular complexity index is 520. The molecule has 1 aromatic heterocycles. The normalized spacial score (nSPS) is 17.7. The predicted molar refractivity (Wildman–Crippen MR) is 68.0 cm³/mol. The minimum absolute atomic E-state index is 0.0740. The van der Waals surface area contributed by atoms with Crippen molar-refractivity contribution in [1.29, 1.82) is 0 Å². The summed E-state index contributed by atoms with van der Waals surface area (Å²) >= 11 is 0. The molecular weight excluding hydrogens is 252 g/mol. The lowest BCUT2D eigenvalue weighted by Crippen LogP contribution is -2.42. The van der Waals surface area contributed by atoms with E-state index in [9.17, 15) is 13.2 Å². The molecule has 1 amide bonds. The Balaban J connectivity index is 2.01. The highest BCUT2D eigenvalue weighted by Crippen LogP contribution is 2.18. The summed E-state index contributed by atoms with van der Waals surface area (Å²) in [5.41, 5.74) is 0.551. The van der Waals surface area contributed by atoms with E-state index in [1.54, 1.807) is 23.2 Å². The van der Waals surface area contributed by atoms with Crippen molar-refractivity contribution >= 4 is 15.7 Å². The molecule has 0 aliphatic carbocycles. The van der Waals surface area contributed by atoms with Crippen LogP contribution in [0, 0.1) is 0 Å². The fraction of sp³-hybridized carbons (Fsp3) is 0.500. The molecule has 0 saturated carbocycles. The summed E-state index contributed by atoms with van der Waals surface area (Å²) in [6.07, 6.45) is 5.45. The first kappa shape index (κ1) is 13.0. The molecular formula is C12H16N2O3S. The number of piperidine rings is 1. The zero-order valence-corrected chi connectivity index (χ0v) is 11.1. The standard InChI is InChI=1S/C12H16N2O3S/c1-18(16,17)11-4-7-14(8-5-11)12(15)10-3-2-6-13-9-10/h2-3,6,9,11H,4-5,7-8H2,1H3. The van der Waals surface area contributed by atoms with Crippen molar-refractivity contribution in [3.8, 4) is 0 Å². The third kappa shape index (κ3) is 2.87. The van der Waals surface area contributed by atoms with Gasteiger partial charge in [0.15, 0.2) is 0 Å². The van der Waals surface area contributed by atoms with E-state index in [1.165, 1.54) is 12.5 Å². The molecule has 0 atom stereocenters. The second-order valence-corrected chi connectivity index (χ2v) is 6.89. The molecule has 0 aromatic carbocycles. The van der Waals surface area contributed by atoms with E-state index >= 15 is 0 Å². The Hall–Kier alpha value is -1.43. The first-order chi connectivity index (χ1) is 8.48. The minimum atomic E-state index is -2.99. The number of amides is 1. The molecule has 1 aliphatic heterocycles. The summed E-state index contributed by atoms with van der Waals surface area (Å²) in [7, 11) is -2.99. The number of hydrogen-bond donors (Lipinski definition) is 0. The van der Waals surface area contributed by atoms with Gasteiger partial charge in [-0.25, -0.2) is 8.42 Å². The SMILES string of the molecule is CS(=O)(=O)C1CCN(C(=O)c2cccnc2)CC1. The summed E-state index contributed by atoms with van der Waals surface area (Å²) in [6, 6.07) is 3.44. The average Bonchev–Trinajstić information content (AvgIpc) is 2.38. The van der Waals surface area contributed by atoms with Crippen LogP contribution in [0.15, 0.2) is 24.5 Å². The van der Waals surface area contributed by atoms with E-state index in [-0.39, 0.29) is 11.2 Å². The molecule has 0 N–H and O–H groups in total. The molecule has 6 heteroatoms. The highest BCUT2D eigenvalue weighted by molar-refractivity contribution is 7.91. The van der Waals surface area contributed by atoms with Crippen LogP contribution in [-0.2, 0) is 9.84 Å².